The van der Waals surface area contributed by atoms with E-state index in [0.717, 1.165) is 58.0 Å². The van der Waals surface area contributed by atoms with Crippen LogP contribution in [0.15, 0.2) is 29.3 Å². The minimum Gasteiger partial charge on any atom is -0.373 e. The number of carbonyl (C=O) groups excluding carboxylic acids is 1. The van der Waals surface area contributed by atoms with Crippen LogP contribution in [-0.2, 0) is 16.0 Å². The van der Waals surface area contributed by atoms with Crippen molar-refractivity contribution in [3.63, 3.8) is 0 Å². The van der Waals surface area contributed by atoms with Crippen molar-refractivity contribution < 1.29 is 9.53 Å². The van der Waals surface area contributed by atoms with E-state index in [1.54, 1.807) is 0 Å². The van der Waals surface area contributed by atoms with Crippen molar-refractivity contribution in [1.29, 1.82) is 0 Å². The summed E-state index contributed by atoms with van der Waals surface area (Å²) < 4.78 is 6.19. The van der Waals surface area contributed by atoms with Gasteiger partial charge in [0.15, 0.2) is 5.96 Å². The summed E-state index contributed by atoms with van der Waals surface area (Å²) in [4.78, 5) is 18.9. The first kappa shape index (κ1) is 25.9. The SMILES string of the molecule is CCNC(=NCCCOC1CCCc2ccccc21)NC1CCN(C(=O)C(C)C)C1.I. The molecule has 0 radical (unpaired) electrons. The summed E-state index contributed by atoms with van der Waals surface area (Å²) >= 11 is 0. The van der Waals surface area contributed by atoms with Crippen molar-refractivity contribution in [3.8, 4) is 0 Å². The standard InChI is InChI=1S/C24H38N4O2.HI/c1-4-25-24(27-20-13-15-28(17-20)23(29)18(2)3)26-14-8-16-30-22-12-7-10-19-9-5-6-11-21(19)22;/h5-6,9,11,18,20,22H,4,7-8,10,12-17H2,1-3H3,(H2,25,26,27);1H. The predicted molar refractivity (Wildman–Crippen MR) is 137 cm³/mol. The minimum absolute atomic E-state index is 0. The largest absolute Gasteiger partial charge is 0.373 e. The molecule has 31 heavy (non-hydrogen) atoms. The second-order valence-corrected chi connectivity index (χ2v) is 8.63. The van der Waals surface area contributed by atoms with Gasteiger partial charge in [0.1, 0.15) is 0 Å². The molecule has 2 atom stereocenters. The lowest BCUT2D eigenvalue weighted by atomic mass is 9.89. The van der Waals surface area contributed by atoms with Gasteiger partial charge in [-0.2, -0.15) is 0 Å². The number of guanidine groups is 1. The molecule has 2 N–H and O–H groups in total. The molecule has 1 fully saturated rings. The summed E-state index contributed by atoms with van der Waals surface area (Å²) in [7, 11) is 0. The average Bonchev–Trinajstić information content (AvgIpc) is 3.21. The molecule has 1 heterocycles. The van der Waals surface area contributed by atoms with Gasteiger partial charge in [-0.15, -0.1) is 24.0 Å². The Labute approximate surface area is 204 Å². The van der Waals surface area contributed by atoms with Gasteiger partial charge in [0.2, 0.25) is 5.91 Å². The Balaban J connectivity index is 0.00000341. The normalized spacial score (nSPS) is 20.9. The zero-order valence-corrected chi connectivity index (χ0v) is 21.6. The van der Waals surface area contributed by atoms with E-state index in [1.807, 2.05) is 18.7 Å². The third-order valence-corrected chi connectivity index (χ3v) is 5.88. The quantitative estimate of drug-likeness (QED) is 0.227. The molecule has 2 unspecified atom stereocenters. The van der Waals surface area contributed by atoms with Gasteiger partial charge in [0.25, 0.3) is 0 Å². The van der Waals surface area contributed by atoms with Crippen LogP contribution in [0.3, 0.4) is 0 Å². The Hall–Kier alpha value is -1.35. The van der Waals surface area contributed by atoms with Crippen molar-refractivity contribution in [2.24, 2.45) is 10.9 Å². The summed E-state index contributed by atoms with van der Waals surface area (Å²) in [5.41, 5.74) is 2.80. The Morgan fingerprint density at radius 3 is 2.87 bits per heavy atom. The molecule has 1 amide bonds. The number of hydrogen-bond donors (Lipinski definition) is 2. The number of carbonyl (C=O) groups is 1. The second kappa shape index (κ2) is 13.3. The van der Waals surface area contributed by atoms with Gasteiger partial charge >= 0.3 is 0 Å². The Morgan fingerprint density at radius 2 is 2.10 bits per heavy atom. The summed E-state index contributed by atoms with van der Waals surface area (Å²) in [6.07, 6.45) is 5.57. The number of hydrogen-bond acceptors (Lipinski definition) is 3. The number of likely N-dealkylation sites (tertiary alicyclic amines) is 1. The average molecular weight is 543 g/mol. The van der Waals surface area contributed by atoms with Crippen LogP contribution in [0.5, 0.6) is 0 Å². The van der Waals surface area contributed by atoms with Crippen molar-refractivity contribution in [2.75, 3.05) is 32.8 Å². The molecule has 1 saturated heterocycles. The number of aryl methyl sites for hydroxylation is 1. The number of nitrogens with zero attached hydrogens (tertiary/aromatic N) is 2. The fourth-order valence-corrected chi connectivity index (χ4v) is 4.32. The van der Waals surface area contributed by atoms with E-state index in [4.69, 9.17) is 9.73 Å². The third kappa shape index (κ3) is 7.63. The van der Waals surface area contributed by atoms with Crippen molar-refractivity contribution >= 4 is 35.8 Å². The lowest BCUT2D eigenvalue weighted by Crippen LogP contribution is -2.45. The monoisotopic (exact) mass is 542 g/mol. The number of amides is 1. The van der Waals surface area contributed by atoms with Gasteiger partial charge in [-0.3, -0.25) is 9.79 Å². The number of nitrogens with one attached hydrogen (secondary N) is 2. The van der Waals surface area contributed by atoms with E-state index < -0.39 is 0 Å². The Morgan fingerprint density at radius 1 is 1.29 bits per heavy atom. The number of rotatable bonds is 8. The van der Waals surface area contributed by atoms with Gasteiger partial charge in [0, 0.05) is 44.7 Å². The fraction of sp³-hybridized carbons (Fsp3) is 0.667. The Kier molecular flexibility index (Phi) is 11.1. The molecule has 6 nitrogen and oxygen atoms in total. The van der Waals surface area contributed by atoms with Crippen LogP contribution in [0.2, 0.25) is 0 Å². The second-order valence-electron chi connectivity index (χ2n) is 8.63. The number of ether oxygens (including phenoxy) is 1. The molecule has 7 heteroatoms. The maximum Gasteiger partial charge on any atom is 0.225 e. The van der Waals surface area contributed by atoms with Crippen LogP contribution in [-0.4, -0.2) is 55.6 Å². The van der Waals surface area contributed by atoms with E-state index in [-0.39, 0.29) is 47.9 Å². The minimum atomic E-state index is 0. The summed E-state index contributed by atoms with van der Waals surface area (Å²) in [6.45, 7) is 9.85. The van der Waals surface area contributed by atoms with Crippen molar-refractivity contribution in [1.82, 2.24) is 15.5 Å². The highest BCUT2D eigenvalue weighted by Gasteiger charge is 2.28. The summed E-state index contributed by atoms with van der Waals surface area (Å²) in [5.74, 6) is 1.13. The first-order valence-electron chi connectivity index (χ1n) is 11.6. The van der Waals surface area contributed by atoms with Crippen LogP contribution >= 0.6 is 24.0 Å². The summed E-state index contributed by atoms with van der Waals surface area (Å²) in [6, 6.07) is 8.92. The highest BCUT2D eigenvalue weighted by atomic mass is 127. The lowest BCUT2D eigenvalue weighted by Gasteiger charge is -2.25. The molecular weight excluding hydrogens is 503 g/mol. The molecule has 174 valence electrons. The van der Waals surface area contributed by atoms with Gasteiger partial charge < -0.3 is 20.3 Å². The molecule has 3 rings (SSSR count). The number of benzene rings is 1. The lowest BCUT2D eigenvalue weighted by molar-refractivity contribution is -0.133. The van der Waals surface area contributed by atoms with Crippen molar-refractivity contribution in [2.45, 2.75) is 65.0 Å². The highest BCUT2D eigenvalue weighted by molar-refractivity contribution is 14.0. The molecule has 0 spiro atoms. The molecule has 1 aromatic carbocycles. The first-order chi connectivity index (χ1) is 14.6. The van der Waals surface area contributed by atoms with E-state index in [2.05, 4.69) is 41.8 Å². The van der Waals surface area contributed by atoms with Crippen LogP contribution in [0.1, 0.15) is 63.7 Å². The van der Waals surface area contributed by atoms with E-state index in [9.17, 15) is 4.79 Å². The van der Waals surface area contributed by atoms with Crippen LogP contribution in [0.25, 0.3) is 0 Å². The number of aliphatic imine (C=N–C) groups is 1. The fourth-order valence-electron chi connectivity index (χ4n) is 4.32. The number of halogens is 1. The first-order valence-corrected chi connectivity index (χ1v) is 11.6. The molecule has 0 saturated carbocycles. The van der Waals surface area contributed by atoms with E-state index in [0.29, 0.717) is 0 Å². The van der Waals surface area contributed by atoms with Gasteiger partial charge in [0.05, 0.1) is 6.10 Å². The molecule has 2 aliphatic rings. The van der Waals surface area contributed by atoms with E-state index >= 15 is 0 Å². The molecular formula is C24H39IN4O2. The molecule has 0 bridgehead atoms. The van der Waals surface area contributed by atoms with Gasteiger partial charge in [-0.1, -0.05) is 38.1 Å². The topological polar surface area (TPSA) is 66.0 Å². The van der Waals surface area contributed by atoms with Crippen LogP contribution in [0.4, 0.5) is 0 Å². The third-order valence-electron chi connectivity index (χ3n) is 5.88. The van der Waals surface area contributed by atoms with Crippen molar-refractivity contribution in [3.05, 3.63) is 35.4 Å². The smallest absolute Gasteiger partial charge is 0.225 e. The molecule has 1 aliphatic heterocycles. The van der Waals surface area contributed by atoms with E-state index in [1.165, 1.54) is 24.0 Å². The maximum atomic E-state index is 12.2. The Bertz CT molecular complexity index is 725. The molecule has 1 aromatic rings. The zero-order chi connectivity index (χ0) is 21.3. The van der Waals surface area contributed by atoms with Crippen LogP contribution < -0.4 is 10.6 Å². The predicted octanol–water partition coefficient (Wildman–Crippen LogP) is 3.90. The highest BCUT2D eigenvalue weighted by Crippen LogP contribution is 2.32. The number of fused-ring (bicyclic) bond motifs is 1. The van der Waals surface area contributed by atoms with Gasteiger partial charge in [-0.05, 0) is 50.2 Å². The maximum absolute atomic E-state index is 12.2. The summed E-state index contributed by atoms with van der Waals surface area (Å²) in [5, 5.41) is 6.82. The van der Waals surface area contributed by atoms with Crippen LogP contribution in [0, 0.1) is 5.92 Å². The molecule has 1 aliphatic carbocycles. The van der Waals surface area contributed by atoms with Gasteiger partial charge in [-0.25, -0.2) is 0 Å². The zero-order valence-electron chi connectivity index (χ0n) is 19.2. The molecule has 0 aromatic heterocycles.